The molecule has 270 valence electrons. The molecule has 0 fully saturated rings. The van der Waals surface area contributed by atoms with Gasteiger partial charge in [0, 0.05) is 49.0 Å². The molecule has 3 aromatic heterocycles. The average molecular weight is 747 g/mol. The molecule has 5 nitrogen and oxygen atoms in total. The molecule has 12 aromatic rings. The number of furan rings is 2. The Hall–Kier alpha value is -7.89. The summed E-state index contributed by atoms with van der Waals surface area (Å²) in [7, 11) is 0. The van der Waals surface area contributed by atoms with Crippen LogP contribution in [0.5, 0.6) is 0 Å². The number of hydrogen-bond donors (Lipinski definition) is 0. The van der Waals surface area contributed by atoms with Crippen molar-refractivity contribution in [3.05, 3.63) is 188 Å². The average Bonchev–Trinajstić information content (AvgIpc) is 3.92. The van der Waals surface area contributed by atoms with Crippen LogP contribution in [0.2, 0.25) is 0 Å². The maximum Gasteiger partial charge on any atom is 0.164 e. The lowest BCUT2D eigenvalue weighted by Gasteiger charge is -2.12. The van der Waals surface area contributed by atoms with Crippen molar-refractivity contribution in [3.8, 4) is 56.4 Å². The summed E-state index contributed by atoms with van der Waals surface area (Å²) in [4.78, 5) is 15.3. The molecule has 12 rings (SSSR count). The van der Waals surface area contributed by atoms with Crippen LogP contribution in [0.4, 0.5) is 0 Å². The Morgan fingerprint density at radius 1 is 0.362 bits per heavy atom. The Morgan fingerprint density at radius 2 is 0.810 bits per heavy atom. The molecule has 0 saturated carbocycles. The molecule has 58 heavy (non-hydrogen) atoms. The number of hydrogen-bond acceptors (Lipinski definition) is 5. The predicted octanol–water partition coefficient (Wildman–Crippen LogP) is 14.3. The van der Waals surface area contributed by atoms with Gasteiger partial charge in [-0.1, -0.05) is 152 Å². The van der Waals surface area contributed by atoms with Gasteiger partial charge in [-0.05, 0) is 69.4 Å². The molecule has 0 amide bonds. The van der Waals surface area contributed by atoms with E-state index in [-0.39, 0.29) is 23.0 Å². The zero-order valence-electron chi connectivity index (χ0n) is 35.7. The molecule has 0 atom stereocenters. The van der Waals surface area contributed by atoms with Gasteiger partial charge in [-0.15, -0.1) is 0 Å². The first kappa shape index (κ1) is 27.7. The smallest absolute Gasteiger partial charge is 0.164 e. The highest BCUT2D eigenvalue weighted by Crippen LogP contribution is 2.44. The van der Waals surface area contributed by atoms with Gasteiger partial charge in [-0.25, -0.2) is 15.0 Å². The molecule has 3 heterocycles. The fourth-order valence-electron chi connectivity index (χ4n) is 8.29. The van der Waals surface area contributed by atoms with Crippen LogP contribution in [-0.2, 0) is 0 Å². The maximum atomic E-state index is 9.05. The minimum absolute atomic E-state index is 0.0621. The normalized spacial score (nSPS) is 13.0. The molecular weight excluding hydrogens is 711 g/mol. The van der Waals surface area contributed by atoms with E-state index in [1.54, 1.807) is 0 Å². The molecule has 0 aliphatic rings. The van der Waals surface area contributed by atoms with Crippen LogP contribution < -0.4 is 0 Å². The summed E-state index contributed by atoms with van der Waals surface area (Å²) in [5.74, 6) is 0.425. The third-order valence-corrected chi connectivity index (χ3v) is 11.0. The van der Waals surface area contributed by atoms with Crippen molar-refractivity contribution in [2.24, 2.45) is 0 Å². The Labute approximate surface area is 339 Å². The molecule has 0 aliphatic carbocycles. The number of aromatic nitrogens is 3. The van der Waals surface area contributed by atoms with Crippen molar-refractivity contribution in [3.63, 3.8) is 0 Å². The molecular formula is C53H31N3O2. The summed E-state index contributed by atoms with van der Waals surface area (Å²) in [6.07, 6.45) is 0. The third kappa shape index (κ3) is 5.14. The van der Waals surface area contributed by atoms with E-state index in [2.05, 4.69) is 48.5 Å². The second kappa shape index (κ2) is 12.8. The highest BCUT2D eigenvalue weighted by Gasteiger charge is 2.23. The Bertz CT molecular complexity index is 3620. The third-order valence-electron chi connectivity index (χ3n) is 11.0. The Kier molecular flexibility index (Phi) is 6.12. The molecule has 0 N–H and O–H groups in total. The van der Waals surface area contributed by atoms with E-state index in [0.29, 0.717) is 33.5 Å². The first-order valence-corrected chi connectivity index (χ1v) is 19.0. The van der Waals surface area contributed by atoms with Gasteiger partial charge in [-0.3, -0.25) is 0 Å². The van der Waals surface area contributed by atoms with Crippen LogP contribution in [0.3, 0.4) is 0 Å². The molecule has 0 aliphatic heterocycles. The van der Waals surface area contributed by atoms with Gasteiger partial charge in [0.15, 0.2) is 17.5 Å². The molecule has 0 radical (unpaired) electrons. The summed E-state index contributed by atoms with van der Waals surface area (Å²) < 4.78 is 57.2. The molecule has 5 heteroatoms. The molecule has 0 unspecified atom stereocenters. The van der Waals surface area contributed by atoms with Crippen molar-refractivity contribution < 1.29 is 15.7 Å². The summed E-state index contributed by atoms with van der Waals surface area (Å²) in [6, 6.07) is 50.3. The quantitative estimate of drug-likeness (QED) is 0.175. The number of rotatable bonds is 5. The van der Waals surface area contributed by atoms with Crippen LogP contribution >= 0.6 is 0 Å². The van der Waals surface area contributed by atoms with E-state index in [1.165, 1.54) is 0 Å². The van der Waals surface area contributed by atoms with Gasteiger partial charge < -0.3 is 8.83 Å². The SMILES string of the molecule is [2H]c1c([2H])c([2H])c(-c2nc(-c3cc4ccccc4c4oc5cc(-c6ccccc6)ccc5c34)nc(-c3cc4ccccc4c4oc5cc(-c6ccccc6)ccc5c34)n2)c([2H])c1[2H]. The van der Waals surface area contributed by atoms with Crippen LogP contribution in [0.1, 0.15) is 6.85 Å². The zero-order chi connectivity index (χ0) is 42.5. The topological polar surface area (TPSA) is 65.0 Å². The minimum atomic E-state index is -0.504. The van der Waals surface area contributed by atoms with Gasteiger partial charge in [0.05, 0.1) is 6.85 Å². The van der Waals surface area contributed by atoms with Gasteiger partial charge in [0.1, 0.15) is 22.3 Å². The van der Waals surface area contributed by atoms with Crippen LogP contribution in [0, 0.1) is 0 Å². The highest BCUT2D eigenvalue weighted by molar-refractivity contribution is 6.22. The van der Waals surface area contributed by atoms with E-state index in [4.69, 9.17) is 30.6 Å². The van der Waals surface area contributed by atoms with E-state index in [1.807, 2.05) is 109 Å². The van der Waals surface area contributed by atoms with Crippen molar-refractivity contribution in [1.82, 2.24) is 15.0 Å². The predicted molar refractivity (Wildman–Crippen MR) is 237 cm³/mol. The number of fused-ring (bicyclic) bond motifs is 10. The lowest BCUT2D eigenvalue weighted by Crippen LogP contribution is -2.01. The lowest BCUT2D eigenvalue weighted by atomic mass is 9.97. The number of benzene rings is 9. The van der Waals surface area contributed by atoms with Crippen LogP contribution in [0.25, 0.3) is 122 Å². The fraction of sp³-hybridized carbons (Fsp3) is 0. The van der Waals surface area contributed by atoms with E-state index >= 15 is 0 Å². The number of nitrogens with zero attached hydrogens (tertiary/aromatic N) is 3. The van der Waals surface area contributed by atoms with Crippen molar-refractivity contribution >= 4 is 65.4 Å². The monoisotopic (exact) mass is 746 g/mol. The molecule has 0 saturated heterocycles. The van der Waals surface area contributed by atoms with Crippen molar-refractivity contribution in [2.45, 2.75) is 0 Å². The first-order valence-electron chi connectivity index (χ1n) is 21.5. The lowest BCUT2D eigenvalue weighted by molar-refractivity contribution is 0.672. The fourth-order valence-corrected chi connectivity index (χ4v) is 8.29. The van der Waals surface area contributed by atoms with Crippen molar-refractivity contribution in [2.75, 3.05) is 0 Å². The Morgan fingerprint density at radius 3 is 1.31 bits per heavy atom. The second-order valence-corrected chi connectivity index (χ2v) is 14.4. The summed E-state index contributed by atoms with van der Waals surface area (Å²) in [6.45, 7) is 0. The van der Waals surface area contributed by atoms with E-state index in [9.17, 15) is 0 Å². The van der Waals surface area contributed by atoms with E-state index in [0.717, 1.165) is 65.3 Å². The molecule has 0 bridgehead atoms. The first-order chi connectivity index (χ1) is 30.8. The summed E-state index contributed by atoms with van der Waals surface area (Å²) >= 11 is 0. The summed E-state index contributed by atoms with van der Waals surface area (Å²) in [5, 5.41) is 6.83. The highest BCUT2D eigenvalue weighted by atomic mass is 16.3. The standard InChI is InChI=1S/C53H31N3O2/c1-4-14-32(15-5-1)35-24-26-41-45(30-35)57-49-39-22-12-10-20-37(39)28-43(47(41)49)52-54-51(34-18-8-3-9-19-34)55-53(56-52)44-29-38-21-11-13-23-40(38)50-48(44)42-27-25-36(31-46(42)58-50)33-16-6-2-7-17-33/h1-31H/i3D,8D,9D,18D,19D. The van der Waals surface area contributed by atoms with E-state index < -0.39 is 30.2 Å². The second-order valence-electron chi connectivity index (χ2n) is 14.4. The zero-order valence-corrected chi connectivity index (χ0v) is 30.7. The molecule has 0 spiro atoms. The molecule has 9 aromatic carbocycles. The summed E-state index contributed by atoms with van der Waals surface area (Å²) in [5.41, 5.74) is 7.91. The minimum Gasteiger partial charge on any atom is -0.455 e. The largest absolute Gasteiger partial charge is 0.455 e. The van der Waals surface area contributed by atoms with Gasteiger partial charge >= 0.3 is 0 Å². The van der Waals surface area contributed by atoms with Crippen LogP contribution in [0.15, 0.2) is 197 Å². The van der Waals surface area contributed by atoms with Gasteiger partial charge in [0.25, 0.3) is 0 Å². The van der Waals surface area contributed by atoms with Gasteiger partial charge in [-0.2, -0.15) is 0 Å². The maximum absolute atomic E-state index is 9.05. The van der Waals surface area contributed by atoms with Crippen molar-refractivity contribution in [1.29, 1.82) is 0 Å². The van der Waals surface area contributed by atoms with Crippen LogP contribution in [-0.4, -0.2) is 15.0 Å². The Balaban J connectivity index is 1.19. The van der Waals surface area contributed by atoms with Gasteiger partial charge in [0.2, 0.25) is 0 Å².